The van der Waals surface area contributed by atoms with Crippen molar-refractivity contribution in [2.24, 2.45) is 0 Å². The lowest BCUT2D eigenvalue weighted by atomic mass is 10.1. The maximum atomic E-state index is 12.2. The third kappa shape index (κ3) is 3.85. The SMILES string of the molecule is CCc1ccc(C(=O)CN2CCCSCC2)cc1. The molecule has 0 saturated carbocycles. The average Bonchev–Trinajstić information content (AvgIpc) is 2.67. The number of carbonyl (C=O) groups is 1. The minimum Gasteiger partial charge on any atom is -0.295 e. The summed E-state index contributed by atoms with van der Waals surface area (Å²) in [5.74, 6) is 2.64. The monoisotopic (exact) mass is 263 g/mol. The summed E-state index contributed by atoms with van der Waals surface area (Å²) in [7, 11) is 0. The number of rotatable bonds is 4. The van der Waals surface area contributed by atoms with E-state index in [4.69, 9.17) is 0 Å². The summed E-state index contributed by atoms with van der Waals surface area (Å²) in [5.41, 5.74) is 2.14. The fraction of sp³-hybridized carbons (Fsp3) is 0.533. The molecule has 0 aliphatic carbocycles. The second kappa shape index (κ2) is 6.95. The van der Waals surface area contributed by atoms with Crippen LogP contribution in [0.5, 0.6) is 0 Å². The van der Waals surface area contributed by atoms with E-state index in [-0.39, 0.29) is 5.78 Å². The van der Waals surface area contributed by atoms with Crippen molar-refractivity contribution < 1.29 is 4.79 Å². The highest BCUT2D eigenvalue weighted by molar-refractivity contribution is 7.99. The maximum Gasteiger partial charge on any atom is 0.176 e. The molecule has 0 aromatic heterocycles. The van der Waals surface area contributed by atoms with Gasteiger partial charge in [0.25, 0.3) is 0 Å². The molecular weight excluding hydrogens is 242 g/mol. The number of thioether (sulfide) groups is 1. The van der Waals surface area contributed by atoms with Crippen LogP contribution in [-0.2, 0) is 6.42 Å². The van der Waals surface area contributed by atoms with E-state index in [1.165, 1.54) is 17.7 Å². The van der Waals surface area contributed by atoms with Crippen molar-refractivity contribution in [2.45, 2.75) is 19.8 Å². The van der Waals surface area contributed by atoms with E-state index < -0.39 is 0 Å². The Morgan fingerprint density at radius 3 is 2.72 bits per heavy atom. The highest BCUT2D eigenvalue weighted by atomic mass is 32.2. The number of aryl methyl sites for hydroxylation is 1. The summed E-state index contributed by atoms with van der Waals surface area (Å²) in [4.78, 5) is 14.5. The van der Waals surface area contributed by atoms with Crippen molar-refractivity contribution in [1.29, 1.82) is 0 Å². The zero-order valence-electron chi connectivity index (χ0n) is 11.0. The summed E-state index contributed by atoms with van der Waals surface area (Å²) < 4.78 is 0. The number of carbonyl (C=O) groups excluding carboxylic acids is 1. The quantitative estimate of drug-likeness (QED) is 0.779. The van der Waals surface area contributed by atoms with Gasteiger partial charge in [0, 0.05) is 17.9 Å². The van der Waals surface area contributed by atoms with Crippen LogP contribution in [0.4, 0.5) is 0 Å². The smallest absolute Gasteiger partial charge is 0.176 e. The Kier molecular flexibility index (Phi) is 5.26. The van der Waals surface area contributed by atoms with Gasteiger partial charge in [-0.15, -0.1) is 0 Å². The Morgan fingerprint density at radius 1 is 1.22 bits per heavy atom. The second-order valence-corrected chi connectivity index (χ2v) is 5.94. The Balaban J connectivity index is 1.93. The van der Waals surface area contributed by atoms with Gasteiger partial charge in [-0.3, -0.25) is 9.69 Å². The lowest BCUT2D eigenvalue weighted by Gasteiger charge is -2.18. The van der Waals surface area contributed by atoms with Gasteiger partial charge in [-0.25, -0.2) is 0 Å². The Morgan fingerprint density at radius 2 is 2.00 bits per heavy atom. The number of ketones is 1. The van der Waals surface area contributed by atoms with E-state index in [0.29, 0.717) is 6.54 Å². The first-order chi connectivity index (χ1) is 8.79. The molecule has 0 unspecified atom stereocenters. The molecule has 1 saturated heterocycles. The first kappa shape index (κ1) is 13.6. The fourth-order valence-electron chi connectivity index (χ4n) is 2.18. The second-order valence-electron chi connectivity index (χ2n) is 4.72. The zero-order chi connectivity index (χ0) is 12.8. The van der Waals surface area contributed by atoms with Gasteiger partial charge >= 0.3 is 0 Å². The zero-order valence-corrected chi connectivity index (χ0v) is 11.8. The van der Waals surface area contributed by atoms with Crippen LogP contribution in [0.2, 0.25) is 0 Å². The number of hydrogen-bond acceptors (Lipinski definition) is 3. The van der Waals surface area contributed by atoms with Gasteiger partial charge in [0.05, 0.1) is 6.54 Å². The summed E-state index contributed by atoms with van der Waals surface area (Å²) in [6.07, 6.45) is 2.23. The molecule has 0 spiro atoms. The molecule has 0 amide bonds. The van der Waals surface area contributed by atoms with Crippen LogP contribution in [0.25, 0.3) is 0 Å². The summed E-state index contributed by atoms with van der Waals surface area (Å²) >= 11 is 1.99. The number of nitrogens with zero attached hydrogens (tertiary/aromatic N) is 1. The summed E-state index contributed by atoms with van der Waals surface area (Å²) in [5, 5.41) is 0. The van der Waals surface area contributed by atoms with E-state index in [9.17, 15) is 4.79 Å². The third-order valence-corrected chi connectivity index (χ3v) is 4.41. The van der Waals surface area contributed by atoms with Gasteiger partial charge in [-0.2, -0.15) is 11.8 Å². The van der Waals surface area contributed by atoms with Gasteiger partial charge < -0.3 is 0 Å². The standard InChI is InChI=1S/C15H21NOS/c1-2-13-4-6-14(7-5-13)15(17)12-16-8-3-10-18-11-9-16/h4-7H,2-3,8-12H2,1H3. The van der Waals surface area contributed by atoms with Crippen LogP contribution in [0.3, 0.4) is 0 Å². The van der Waals surface area contributed by atoms with Crippen LogP contribution in [0.15, 0.2) is 24.3 Å². The van der Waals surface area contributed by atoms with E-state index >= 15 is 0 Å². The van der Waals surface area contributed by atoms with Crippen molar-refractivity contribution >= 4 is 17.5 Å². The van der Waals surface area contributed by atoms with E-state index in [1.807, 2.05) is 23.9 Å². The molecule has 0 N–H and O–H groups in total. The molecule has 1 fully saturated rings. The molecule has 1 heterocycles. The molecular formula is C15H21NOS. The molecule has 98 valence electrons. The molecule has 18 heavy (non-hydrogen) atoms. The van der Waals surface area contributed by atoms with Gasteiger partial charge in [0.1, 0.15) is 0 Å². The molecule has 0 bridgehead atoms. The molecule has 2 nitrogen and oxygen atoms in total. The predicted octanol–water partition coefficient (Wildman–Crippen LogP) is 2.87. The van der Waals surface area contributed by atoms with E-state index in [1.54, 1.807) is 0 Å². The third-order valence-electron chi connectivity index (χ3n) is 3.37. The van der Waals surface area contributed by atoms with Gasteiger partial charge in [0.2, 0.25) is 0 Å². The van der Waals surface area contributed by atoms with Gasteiger partial charge in [-0.05, 0) is 30.7 Å². The van der Waals surface area contributed by atoms with E-state index in [2.05, 4.69) is 24.0 Å². The van der Waals surface area contributed by atoms with Crippen molar-refractivity contribution in [3.8, 4) is 0 Å². The van der Waals surface area contributed by atoms with Crippen LogP contribution in [0.1, 0.15) is 29.3 Å². The maximum absolute atomic E-state index is 12.2. The minimum atomic E-state index is 0.254. The Hall–Kier alpha value is -0.800. The fourth-order valence-corrected chi connectivity index (χ4v) is 3.10. The van der Waals surface area contributed by atoms with Crippen molar-refractivity contribution in [1.82, 2.24) is 4.90 Å². The molecule has 2 rings (SSSR count). The van der Waals surface area contributed by atoms with Crippen molar-refractivity contribution in [3.63, 3.8) is 0 Å². The molecule has 0 radical (unpaired) electrons. The molecule has 3 heteroatoms. The Bertz CT molecular complexity index is 380. The predicted molar refractivity (Wildman–Crippen MR) is 78.5 cm³/mol. The highest BCUT2D eigenvalue weighted by Gasteiger charge is 2.14. The molecule has 0 atom stereocenters. The first-order valence-electron chi connectivity index (χ1n) is 6.72. The summed E-state index contributed by atoms with van der Waals surface area (Å²) in [6.45, 7) is 4.81. The lowest BCUT2D eigenvalue weighted by Crippen LogP contribution is -2.31. The molecule has 1 aromatic rings. The number of hydrogen-bond donors (Lipinski definition) is 0. The largest absolute Gasteiger partial charge is 0.295 e. The highest BCUT2D eigenvalue weighted by Crippen LogP contribution is 2.11. The molecule has 1 aliphatic heterocycles. The normalized spacial score (nSPS) is 17.4. The van der Waals surface area contributed by atoms with Crippen LogP contribution >= 0.6 is 11.8 Å². The number of benzene rings is 1. The van der Waals surface area contributed by atoms with Crippen LogP contribution in [0, 0.1) is 0 Å². The topological polar surface area (TPSA) is 20.3 Å². The van der Waals surface area contributed by atoms with Crippen LogP contribution < -0.4 is 0 Å². The summed E-state index contributed by atoms with van der Waals surface area (Å²) in [6, 6.07) is 8.05. The first-order valence-corrected chi connectivity index (χ1v) is 7.87. The lowest BCUT2D eigenvalue weighted by molar-refractivity contribution is 0.0936. The number of Topliss-reactive ketones (excluding diaryl/α,β-unsaturated/α-hetero) is 1. The molecule has 1 aromatic carbocycles. The minimum absolute atomic E-state index is 0.254. The van der Waals surface area contributed by atoms with E-state index in [0.717, 1.165) is 30.8 Å². The Labute approximate surface area is 114 Å². The molecule has 1 aliphatic rings. The van der Waals surface area contributed by atoms with Gasteiger partial charge in [0.15, 0.2) is 5.78 Å². The van der Waals surface area contributed by atoms with Crippen molar-refractivity contribution in [3.05, 3.63) is 35.4 Å². The van der Waals surface area contributed by atoms with Crippen LogP contribution in [-0.4, -0.2) is 41.8 Å². The average molecular weight is 263 g/mol. The van der Waals surface area contributed by atoms with Crippen molar-refractivity contribution in [2.75, 3.05) is 31.1 Å². The van der Waals surface area contributed by atoms with Gasteiger partial charge in [-0.1, -0.05) is 31.2 Å².